The van der Waals surface area contributed by atoms with Crippen LogP contribution >= 0.6 is 0 Å². The van der Waals surface area contributed by atoms with E-state index in [1.807, 2.05) is 0 Å². The molecule has 2 bridgehead atoms. The molecule has 0 aromatic rings. The molecule has 102 valence electrons. The van der Waals surface area contributed by atoms with Crippen LogP contribution < -0.4 is 5.32 Å². The number of allylic oxidation sites excluding steroid dienone is 2. The second-order valence-electron chi connectivity index (χ2n) is 6.27. The van der Waals surface area contributed by atoms with Gasteiger partial charge in [0.25, 0.3) is 0 Å². The molecule has 1 N–H and O–H groups in total. The van der Waals surface area contributed by atoms with E-state index in [0.29, 0.717) is 24.3 Å². The Labute approximate surface area is 110 Å². The van der Waals surface area contributed by atoms with Crippen molar-refractivity contribution in [1.82, 2.24) is 5.32 Å². The van der Waals surface area contributed by atoms with Gasteiger partial charge in [0.15, 0.2) is 9.84 Å². The Hall–Kier alpha value is -0.350. The van der Waals surface area contributed by atoms with Gasteiger partial charge in [-0.15, -0.1) is 0 Å². The fourth-order valence-electron chi connectivity index (χ4n) is 3.95. The van der Waals surface area contributed by atoms with E-state index in [4.69, 9.17) is 0 Å². The minimum absolute atomic E-state index is 0.130. The fraction of sp³-hybridized carbons (Fsp3) is 0.857. The molecule has 2 aliphatic carbocycles. The van der Waals surface area contributed by atoms with E-state index in [9.17, 15) is 8.42 Å². The van der Waals surface area contributed by atoms with Crippen molar-refractivity contribution >= 4 is 9.84 Å². The SMILES string of the molecule is CC(NCC1CCCS1(=O)=O)C1CC2C=CC1C2. The summed E-state index contributed by atoms with van der Waals surface area (Å²) in [4.78, 5) is 0. The summed E-state index contributed by atoms with van der Waals surface area (Å²) < 4.78 is 23.5. The topological polar surface area (TPSA) is 46.2 Å². The van der Waals surface area contributed by atoms with Gasteiger partial charge in [0.2, 0.25) is 0 Å². The van der Waals surface area contributed by atoms with E-state index in [1.165, 1.54) is 12.8 Å². The Morgan fingerprint density at radius 2 is 2.17 bits per heavy atom. The largest absolute Gasteiger partial charge is 0.313 e. The monoisotopic (exact) mass is 269 g/mol. The average Bonchev–Trinajstić information content (AvgIpc) is 3.00. The Kier molecular flexibility index (Phi) is 3.27. The molecule has 0 aromatic heterocycles. The van der Waals surface area contributed by atoms with E-state index < -0.39 is 9.84 Å². The highest BCUT2D eigenvalue weighted by atomic mass is 32.2. The smallest absolute Gasteiger partial charge is 0.154 e. The van der Waals surface area contributed by atoms with Crippen LogP contribution in [0, 0.1) is 17.8 Å². The zero-order valence-electron chi connectivity index (χ0n) is 11.0. The molecule has 1 heterocycles. The molecule has 0 amide bonds. The summed E-state index contributed by atoms with van der Waals surface area (Å²) in [5.74, 6) is 2.63. The van der Waals surface area contributed by atoms with Gasteiger partial charge in [-0.1, -0.05) is 12.2 Å². The first-order chi connectivity index (χ1) is 8.56. The van der Waals surface area contributed by atoms with Gasteiger partial charge in [-0.25, -0.2) is 8.42 Å². The number of hydrogen-bond donors (Lipinski definition) is 1. The van der Waals surface area contributed by atoms with Crippen LogP contribution in [-0.4, -0.2) is 32.0 Å². The summed E-state index contributed by atoms with van der Waals surface area (Å²) in [6.07, 6.45) is 9.02. The highest BCUT2D eigenvalue weighted by Gasteiger charge is 2.39. The van der Waals surface area contributed by atoms with Crippen LogP contribution in [0.15, 0.2) is 12.2 Å². The third-order valence-corrected chi connectivity index (χ3v) is 7.38. The van der Waals surface area contributed by atoms with Gasteiger partial charge in [0.05, 0.1) is 11.0 Å². The molecule has 3 aliphatic rings. The molecule has 0 spiro atoms. The third kappa shape index (κ3) is 2.25. The van der Waals surface area contributed by atoms with Gasteiger partial charge < -0.3 is 5.32 Å². The van der Waals surface area contributed by atoms with Crippen molar-refractivity contribution in [2.75, 3.05) is 12.3 Å². The Balaban J connectivity index is 1.53. The fourth-order valence-corrected chi connectivity index (χ4v) is 5.73. The van der Waals surface area contributed by atoms with Gasteiger partial charge in [0, 0.05) is 12.6 Å². The number of rotatable bonds is 4. The second kappa shape index (κ2) is 4.64. The summed E-state index contributed by atoms with van der Waals surface area (Å²) in [5.41, 5.74) is 0. The Morgan fingerprint density at radius 3 is 2.72 bits per heavy atom. The normalized spacial score (nSPS) is 42.5. The highest BCUT2D eigenvalue weighted by molar-refractivity contribution is 7.92. The van der Waals surface area contributed by atoms with Crippen LogP contribution in [0.5, 0.6) is 0 Å². The molecule has 1 aliphatic heterocycles. The molecule has 3 nitrogen and oxygen atoms in total. The van der Waals surface area contributed by atoms with Crippen LogP contribution in [0.4, 0.5) is 0 Å². The van der Waals surface area contributed by atoms with Gasteiger partial charge in [0.1, 0.15) is 0 Å². The zero-order chi connectivity index (χ0) is 12.8. The Bertz CT molecular complexity index is 443. The molecule has 4 heteroatoms. The first-order valence-corrected chi connectivity index (χ1v) is 8.91. The second-order valence-corrected chi connectivity index (χ2v) is 8.67. The van der Waals surface area contributed by atoms with Crippen molar-refractivity contribution in [2.45, 2.75) is 43.9 Å². The first-order valence-electron chi connectivity index (χ1n) is 7.19. The molecular formula is C14H23NO2S. The van der Waals surface area contributed by atoms with Crippen LogP contribution in [-0.2, 0) is 9.84 Å². The van der Waals surface area contributed by atoms with E-state index in [0.717, 1.165) is 24.7 Å². The van der Waals surface area contributed by atoms with Crippen LogP contribution in [0.3, 0.4) is 0 Å². The lowest BCUT2D eigenvalue weighted by atomic mass is 9.87. The van der Waals surface area contributed by atoms with Crippen LogP contribution in [0.2, 0.25) is 0 Å². The molecule has 1 saturated heterocycles. The highest BCUT2D eigenvalue weighted by Crippen LogP contribution is 2.44. The minimum atomic E-state index is -2.79. The predicted molar refractivity (Wildman–Crippen MR) is 73.1 cm³/mol. The first kappa shape index (κ1) is 12.7. The summed E-state index contributed by atoms with van der Waals surface area (Å²) in [6, 6.07) is 0.445. The van der Waals surface area contributed by atoms with Crippen molar-refractivity contribution in [1.29, 1.82) is 0 Å². The number of fused-ring (bicyclic) bond motifs is 2. The number of nitrogens with one attached hydrogen (secondary N) is 1. The van der Waals surface area contributed by atoms with Crippen LogP contribution in [0.1, 0.15) is 32.6 Å². The van der Waals surface area contributed by atoms with Gasteiger partial charge in [-0.05, 0) is 50.4 Å². The van der Waals surface area contributed by atoms with Gasteiger partial charge >= 0.3 is 0 Å². The van der Waals surface area contributed by atoms with Crippen molar-refractivity contribution in [3.63, 3.8) is 0 Å². The quantitative estimate of drug-likeness (QED) is 0.791. The molecule has 5 unspecified atom stereocenters. The molecular weight excluding hydrogens is 246 g/mol. The van der Waals surface area contributed by atoms with Crippen molar-refractivity contribution < 1.29 is 8.42 Å². The lowest BCUT2D eigenvalue weighted by Gasteiger charge is -2.27. The molecule has 0 aromatic carbocycles. The predicted octanol–water partition coefficient (Wildman–Crippen LogP) is 1.75. The maximum atomic E-state index is 11.8. The summed E-state index contributed by atoms with van der Waals surface area (Å²) >= 11 is 0. The molecule has 1 saturated carbocycles. The number of hydrogen-bond acceptors (Lipinski definition) is 3. The van der Waals surface area contributed by atoms with Crippen molar-refractivity contribution in [3.8, 4) is 0 Å². The van der Waals surface area contributed by atoms with Crippen molar-refractivity contribution in [3.05, 3.63) is 12.2 Å². The molecule has 0 radical (unpaired) electrons. The zero-order valence-corrected chi connectivity index (χ0v) is 11.8. The minimum Gasteiger partial charge on any atom is -0.313 e. The summed E-state index contributed by atoms with van der Waals surface area (Å²) in [6.45, 7) is 2.88. The maximum absolute atomic E-state index is 11.8. The summed E-state index contributed by atoms with van der Waals surface area (Å²) in [7, 11) is -2.79. The third-order valence-electron chi connectivity index (χ3n) is 5.10. The average molecular weight is 269 g/mol. The lowest BCUT2D eigenvalue weighted by Crippen LogP contribution is -2.41. The number of sulfone groups is 1. The molecule has 5 atom stereocenters. The van der Waals surface area contributed by atoms with E-state index in [2.05, 4.69) is 24.4 Å². The van der Waals surface area contributed by atoms with E-state index in [1.54, 1.807) is 0 Å². The van der Waals surface area contributed by atoms with Gasteiger partial charge in [-0.2, -0.15) is 0 Å². The van der Waals surface area contributed by atoms with E-state index >= 15 is 0 Å². The Morgan fingerprint density at radius 1 is 1.33 bits per heavy atom. The molecule has 18 heavy (non-hydrogen) atoms. The molecule has 2 fully saturated rings. The standard InChI is InChI=1S/C14H23NO2S/c1-10(14-8-11-4-5-12(14)7-11)15-9-13-3-2-6-18(13,16)17/h4-5,10-15H,2-3,6-9H2,1H3. The molecule has 3 rings (SSSR count). The van der Waals surface area contributed by atoms with Crippen LogP contribution in [0.25, 0.3) is 0 Å². The maximum Gasteiger partial charge on any atom is 0.154 e. The van der Waals surface area contributed by atoms with Gasteiger partial charge in [-0.3, -0.25) is 0 Å². The van der Waals surface area contributed by atoms with E-state index in [-0.39, 0.29) is 5.25 Å². The lowest BCUT2D eigenvalue weighted by molar-refractivity contribution is 0.327. The summed E-state index contributed by atoms with van der Waals surface area (Å²) in [5, 5.41) is 3.36. The van der Waals surface area contributed by atoms with Crippen molar-refractivity contribution in [2.24, 2.45) is 17.8 Å².